The third kappa shape index (κ3) is 5.10. The van der Waals surface area contributed by atoms with E-state index in [1.54, 1.807) is 13.0 Å². The number of rotatable bonds is 5. The van der Waals surface area contributed by atoms with Gasteiger partial charge in [0.2, 0.25) is 0 Å². The molecule has 0 aromatic carbocycles. The maximum absolute atomic E-state index is 11.8. The van der Waals surface area contributed by atoms with Crippen LogP contribution >= 0.6 is 0 Å². The normalized spacial score (nSPS) is 16.8. The zero-order valence-electron chi connectivity index (χ0n) is 13.9. The van der Waals surface area contributed by atoms with E-state index in [-0.39, 0.29) is 12.6 Å². The molecule has 1 fully saturated rings. The summed E-state index contributed by atoms with van der Waals surface area (Å²) in [6.45, 7) is 3.85. The lowest BCUT2D eigenvalue weighted by Gasteiger charge is -2.22. The van der Waals surface area contributed by atoms with E-state index in [1.165, 1.54) is 6.42 Å². The molecule has 1 aliphatic carbocycles. The Kier molecular flexibility index (Phi) is 6.21. The molecule has 23 heavy (non-hydrogen) atoms. The van der Waals surface area contributed by atoms with Gasteiger partial charge in [0.25, 0.3) is 0 Å². The lowest BCUT2D eigenvalue weighted by Crippen LogP contribution is -2.45. The molecule has 128 valence electrons. The number of hydrogen-bond donors (Lipinski definition) is 3. The highest BCUT2D eigenvalue weighted by atomic mass is 16.3. The van der Waals surface area contributed by atoms with Gasteiger partial charge in [-0.15, -0.1) is 0 Å². The first-order chi connectivity index (χ1) is 11.0. The molecule has 1 aromatic rings. The molecule has 1 aromatic heterocycles. The number of aryl methyl sites for hydroxylation is 2. The van der Waals surface area contributed by atoms with Gasteiger partial charge in [0.05, 0.1) is 6.10 Å². The SMILES string of the molecule is Cc1cc(C(O)CCNC(=O)C(=O)NC2CCCCC2)c(C)o1. The fraction of sp³-hybridized carbons (Fsp3) is 0.647. The third-order valence-corrected chi connectivity index (χ3v) is 4.29. The minimum atomic E-state index is -0.714. The second-order valence-corrected chi connectivity index (χ2v) is 6.24. The summed E-state index contributed by atoms with van der Waals surface area (Å²) in [5.74, 6) is 0.202. The Morgan fingerprint density at radius 1 is 1.26 bits per heavy atom. The van der Waals surface area contributed by atoms with E-state index >= 15 is 0 Å². The van der Waals surface area contributed by atoms with E-state index in [0.717, 1.165) is 37.0 Å². The number of carbonyl (C=O) groups excluding carboxylic acids is 2. The fourth-order valence-corrected chi connectivity index (χ4v) is 3.04. The van der Waals surface area contributed by atoms with Crippen LogP contribution in [0.3, 0.4) is 0 Å². The van der Waals surface area contributed by atoms with Gasteiger partial charge in [-0.2, -0.15) is 0 Å². The molecule has 1 aliphatic rings. The summed E-state index contributed by atoms with van der Waals surface area (Å²) in [5.41, 5.74) is 0.725. The summed E-state index contributed by atoms with van der Waals surface area (Å²) in [7, 11) is 0. The van der Waals surface area contributed by atoms with Crippen LogP contribution in [0.15, 0.2) is 10.5 Å². The quantitative estimate of drug-likeness (QED) is 0.722. The van der Waals surface area contributed by atoms with Crippen LogP contribution in [0.2, 0.25) is 0 Å². The molecule has 3 N–H and O–H groups in total. The molecule has 1 saturated carbocycles. The molecular formula is C17H26N2O4. The molecule has 1 heterocycles. The van der Waals surface area contributed by atoms with Gasteiger partial charge in [-0.1, -0.05) is 19.3 Å². The van der Waals surface area contributed by atoms with Crippen molar-refractivity contribution < 1.29 is 19.1 Å². The topological polar surface area (TPSA) is 91.6 Å². The average Bonchev–Trinajstić information content (AvgIpc) is 2.86. The molecule has 0 aliphatic heterocycles. The summed E-state index contributed by atoms with van der Waals surface area (Å²) < 4.78 is 5.37. The zero-order chi connectivity index (χ0) is 16.8. The van der Waals surface area contributed by atoms with Crippen molar-refractivity contribution in [1.29, 1.82) is 0 Å². The lowest BCUT2D eigenvalue weighted by atomic mass is 9.95. The van der Waals surface area contributed by atoms with Crippen LogP contribution < -0.4 is 10.6 Å². The van der Waals surface area contributed by atoms with Crippen LogP contribution in [0.1, 0.15) is 61.7 Å². The van der Waals surface area contributed by atoms with Gasteiger partial charge < -0.3 is 20.2 Å². The Labute approximate surface area is 136 Å². The Bertz CT molecular complexity index is 547. The maximum atomic E-state index is 11.8. The summed E-state index contributed by atoms with van der Waals surface area (Å²) >= 11 is 0. The van der Waals surface area contributed by atoms with Crippen molar-refractivity contribution in [1.82, 2.24) is 10.6 Å². The van der Waals surface area contributed by atoms with Gasteiger partial charge in [0.15, 0.2) is 0 Å². The number of hydrogen-bond acceptors (Lipinski definition) is 4. The number of aliphatic hydroxyl groups is 1. The second kappa shape index (κ2) is 8.15. The molecular weight excluding hydrogens is 296 g/mol. The predicted molar refractivity (Wildman–Crippen MR) is 85.8 cm³/mol. The summed E-state index contributed by atoms with van der Waals surface area (Å²) in [5, 5.41) is 15.4. The van der Waals surface area contributed by atoms with Crippen molar-refractivity contribution in [3.05, 3.63) is 23.2 Å². The van der Waals surface area contributed by atoms with E-state index in [0.29, 0.717) is 12.2 Å². The first-order valence-electron chi connectivity index (χ1n) is 8.31. The molecule has 0 bridgehead atoms. The van der Waals surface area contributed by atoms with E-state index in [2.05, 4.69) is 10.6 Å². The monoisotopic (exact) mass is 322 g/mol. The van der Waals surface area contributed by atoms with Crippen molar-refractivity contribution in [2.24, 2.45) is 0 Å². The van der Waals surface area contributed by atoms with E-state index < -0.39 is 17.9 Å². The summed E-state index contributed by atoms with van der Waals surface area (Å²) in [4.78, 5) is 23.6. The largest absolute Gasteiger partial charge is 0.466 e. The van der Waals surface area contributed by atoms with Gasteiger partial charge in [-0.05, 0) is 39.2 Å². The fourth-order valence-electron chi connectivity index (χ4n) is 3.04. The first-order valence-corrected chi connectivity index (χ1v) is 8.31. The Hall–Kier alpha value is -1.82. The second-order valence-electron chi connectivity index (χ2n) is 6.24. The number of nitrogens with one attached hydrogen (secondary N) is 2. The van der Waals surface area contributed by atoms with Crippen LogP contribution in [0.25, 0.3) is 0 Å². The van der Waals surface area contributed by atoms with Gasteiger partial charge in [0, 0.05) is 18.2 Å². The zero-order valence-corrected chi connectivity index (χ0v) is 13.9. The molecule has 0 radical (unpaired) electrons. The van der Waals surface area contributed by atoms with Gasteiger partial charge >= 0.3 is 11.8 Å². The molecule has 6 nitrogen and oxygen atoms in total. The highest BCUT2D eigenvalue weighted by molar-refractivity contribution is 6.35. The summed E-state index contributed by atoms with van der Waals surface area (Å²) in [6.07, 6.45) is 4.90. The molecule has 2 rings (SSSR count). The first kappa shape index (κ1) is 17.5. The number of amides is 2. The molecule has 1 atom stereocenters. The molecule has 2 amide bonds. The summed E-state index contributed by atoms with van der Waals surface area (Å²) in [6, 6.07) is 1.90. The van der Waals surface area contributed by atoms with Crippen LogP contribution in [0, 0.1) is 13.8 Å². The Morgan fingerprint density at radius 2 is 1.96 bits per heavy atom. The van der Waals surface area contributed by atoms with Gasteiger partial charge in [-0.25, -0.2) is 0 Å². The number of aliphatic hydroxyl groups excluding tert-OH is 1. The van der Waals surface area contributed by atoms with Crippen molar-refractivity contribution in [3.63, 3.8) is 0 Å². The van der Waals surface area contributed by atoms with Crippen molar-refractivity contribution in [3.8, 4) is 0 Å². The Morgan fingerprint density at radius 3 is 2.57 bits per heavy atom. The number of carbonyl (C=O) groups is 2. The third-order valence-electron chi connectivity index (χ3n) is 4.29. The Balaban J connectivity index is 1.71. The molecule has 0 spiro atoms. The highest BCUT2D eigenvalue weighted by Crippen LogP contribution is 2.23. The van der Waals surface area contributed by atoms with Crippen LogP contribution in [0.5, 0.6) is 0 Å². The molecule has 1 unspecified atom stereocenters. The lowest BCUT2D eigenvalue weighted by molar-refractivity contribution is -0.139. The van der Waals surface area contributed by atoms with E-state index in [1.807, 2.05) is 6.92 Å². The average molecular weight is 322 g/mol. The van der Waals surface area contributed by atoms with Crippen molar-refractivity contribution >= 4 is 11.8 Å². The van der Waals surface area contributed by atoms with Gasteiger partial charge in [0.1, 0.15) is 11.5 Å². The van der Waals surface area contributed by atoms with Crippen molar-refractivity contribution in [2.45, 2.75) is 64.5 Å². The number of furan rings is 1. The van der Waals surface area contributed by atoms with Gasteiger partial charge in [-0.3, -0.25) is 9.59 Å². The van der Waals surface area contributed by atoms with E-state index in [9.17, 15) is 14.7 Å². The van der Waals surface area contributed by atoms with Crippen LogP contribution in [0.4, 0.5) is 0 Å². The standard InChI is InChI=1S/C17H26N2O4/c1-11-10-14(12(2)23-11)15(20)8-9-18-16(21)17(22)19-13-6-4-3-5-7-13/h10,13,15,20H,3-9H2,1-2H3,(H,18,21)(H,19,22). The van der Waals surface area contributed by atoms with E-state index in [4.69, 9.17) is 4.42 Å². The molecule has 6 heteroatoms. The maximum Gasteiger partial charge on any atom is 0.309 e. The minimum absolute atomic E-state index is 0.115. The minimum Gasteiger partial charge on any atom is -0.466 e. The predicted octanol–water partition coefficient (Wildman–Crippen LogP) is 1.89. The van der Waals surface area contributed by atoms with Crippen LogP contribution in [-0.4, -0.2) is 29.5 Å². The molecule has 0 saturated heterocycles. The van der Waals surface area contributed by atoms with Crippen LogP contribution in [-0.2, 0) is 9.59 Å². The smallest absolute Gasteiger partial charge is 0.309 e. The highest BCUT2D eigenvalue weighted by Gasteiger charge is 2.20. The van der Waals surface area contributed by atoms with Crippen molar-refractivity contribution in [2.75, 3.05) is 6.54 Å².